The van der Waals surface area contributed by atoms with E-state index in [1.165, 1.54) is 36.3 Å². The molecule has 0 saturated carbocycles. The second-order valence-electron chi connectivity index (χ2n) is 5.88. The van der Waals surface area contributed by atoms with Gasteiger partial charge in [-0.15, -0.1) is 0 Å². The number of amides is 2. The Labute approximate surface area is 149 Å². The van der Waals surface area contributed by atoms with Crippen LogP contribution in [-0.2, 0) is 14.3 Å². The lowest BCUT2D eigenvalue weighted by atomic mass is 10.1. The van der Waals surface area contributed by atoms with E-state index in [0.29, 0.717) is 5.69 Å². The van der Waals surface area contributed by atoms with Crippen LogP contribution in [0.5, 0.6) is 0 Å². The van der Waals surface area contributed by atoms with Crippen molar-refractivity contribution in [1.82, 2.24) is 0 Å². The molecule has 1 heterocycles. The Morgan fingerprint density at radius 2 is 1.85 bits per heavy atom. The second kappa shape index (κ2) is 7.35. The largest absolute Gasteiger partial charge is 0.465 e. The van der Waals surface area contributed by atoms with Crippen LogP contribution in [0.25, 0.3) is 0 Å². The molecule has 6 nitrogen and oxygen atoms in total. The van der Waals surface area contributed by atoms with E-state index in [1.807, 2.05) is 0 Å². The molecule has 7 heteroatoms. The Kier molecular flexibility index (Phi) is 4.97. The van der Waals surface area contributed by atoms with Crippen LogP contribution in [0, 0.1) is 11.7 Å². The summed E-state index contributed by atoms with van der Waals surface area (Å²) in [5.41, 5.74) is 0.683. The number of rotatable bonds is 4. The third-order valence-electron chi connectivity index (χ3n) is 4.23. The number of carbonyl (C=O) groups excluding carboxylic acids is 3. The van der Waals surface area contributed by atoms with Gasteiger partial charge in [0.05, 0.1) is 30.0 Å². The molecule has 1 N–H and O–H groups in total. The molecule has 1 aliphatic rings. The third-order valence-corrected chi connectivity index (χ3v) is 4.23. The maximum absolute atomic E-state index is 13.9. The molecule has 134 valence electrons. The number of anilines is 2. The zero-order valence-corrected chi connectivity index (χ0v) is 14.1. The van der Waals surface area contributed by atoms with Crippen LogP contribution >= 0.6 is 0 Å². The van der Waals surface area contributed by atoms with Gasteiger partial charge in [-0.1, -0.05) is 24.3 Å². The smallest absolute Gasteiger partial charge is 0.339 e. The highest BCUT2D eigenvalue weighted by molar-refractivity contribution is 6.06. The zero-order chi connectivity index (χ0) is 18.7. The molecule has 2 aromatic rings. The van der Waals surface area contributed by atoms with Gasteiger partial charge in [-0.05, 0) is 24.3 Å². The Morgan fingerprint density at radius 1 is 1.15 bits per heavy atom. The van der Waals surface area contributed by atoms with E-state index >= 15 is 0 Å². The standard InChI is InChI=1S/C19H17FN2O4/c1-26-19(25)13-6-2-4-8-15(13)21-18(24)12-10-17(23)22(11-12)16-9-5-3-7-14(16)20/h2-9,12H,10-11H2,1H3,(H,21,24). The Morgan fingerprint density at radius 3 is 2.58 bits per heavy atom. The number of nitrogens with zero attached hydrogens (tertiary/aromatic N) is 1. The van der Waals surface area contributed by atoms with Gasteiger partial charge < -0.3 is 15.0 Å². The molecule has 0 spiro atoms. The van der Waals surface area contributed by atoms with E-state index in [-0.39, 0.29) is 30.1 Å². The molecule has 26 heavy (non-hydrogen) atoms. The molecule has 2 aromatic carbocycles. The maximum atomic E-state index is 13.9. The summed E-state index contributed by atoms with van der Waals surface area (Å²) in [6.45, 7) is 0.0754. The zero-order valence-electron chi connectivity index (χ0n) is 14.1. The van der Waals surface area contributed by atoms with Gasteiger partial charge >= 0.3 is 5.97 Å². The Hall–Kier alpha value is -3.22. The van der Waals surface area contributed by atoms with E-state index in [1.54, 1.807) is 24.3 Å². The van der Waals surface area contributed by atoms with Gasteiger partial charge in [0.25, 0.3) is 0 Å². The molecule has 0 bridgehead atoms. The summed E-state index contributed by atoms with van der Waals surface area (Å²) in [5, 5.41) is 2.66. The van der Waals surface area contributed by atoms with Crippen LogP contribution in [0.3, 0.4) is 0 Å². The van der Waals surface area contributed by atoms with Crippen LogP contribution in [0.1, 0.15) is 16.8 Å². The van der Waals surface area contributed by atoms with Gasteiger partial charge in [0, 0.05) is 13.0 Å². The highest BCUT2D eigenvalue weighted by atomic mass is 19.1. The number of nitrogens with one attached hydrogen (secondary N) is 1. The minimum absolute atomic E-state index is 0.0272. The molecule has 0 radical (unpaired) electrons. The summed E-state index contributed by atoms with van der Waals surface area (Å²) < 4.78 is 18.6. The van der Waals surface area contributed by atoms with Gasteiger partial charge in [-0.2, -0.15) is 0 Å². The lowest BCUT2D eigenvalue weighted by Crippen LogP contribution is -2.29. The van der Waals surface area contributed by atoms with Gasteiger partial charge in [-0.3, -0.25) is 9.59 Å². The number of hydrogen-bond acceptors (Lipinski definition) is 4. The van der Waals surface area contributed by atoms with Crippen molar-refractivity contribution < 1.29 is 23.5 Å². The van der Waals surface area contributed by atoms with Crippen molar-refractivity contribution in [2.45, 2.75) is 6.42 Å². The summed E-state index contributed by atoms with van der Waals surface area (Å²) in [6, 6.07) is 12.4. The predicted molar refractivity (Wildman–Crippen MR) is 93.3 cm³/mol. The number of para-hydroxylation sites is 2. The number of halogens is 1. The fourth-order valence-electron chi connectivity index (χ4n) is 2.90. The molecule has 1 atom stereocenters. The number of hydrogen-bond donors (Lipinski definition) is 1. The van der Waals surface area contributed by atoms with Crippen molar-refractivity contribution in [2.24, 2.45) is 5.92 Å². The van der Waals surface area contributed by atoms with Gasteiger partial charge in [0.1, 0.15) is 5.82 Å². The lowest BCUT2D eigenvalue weighted by molar-refractivity contribution is -0.122. The first kappa shape index (κ1) is 17.6. The molecule has 1 saturated heterocycles. The number of ether oxygens (including phenoxy) is 1. The van der Waals surface area contributed by atoms with E-state index in [9.17, 15) is 18.8 Å². The summed E-state index contributed by atoms with van der Waals surface area (Å²) in [4.78, 5) is 37.8. The van der Waals surface area contributed by atoms with E-state index in [0.717, 1.165) is 0 Å². The molecule has 3 rings (SSSR count). The molecule has 1 unspecified atom stereocenters. The highest BCUT2D eigenvalue weighted by Gasteiger charge is 2.36. The molecular weight excluding hydrogens is 339 g/mol. The average Bonchev–Trinajstić information content (AvgIpc) is 3.03. The first-order valence-electron chi connectivity index (χ1n) is 8.04. The maximum Gasteiger partial charge on any atom is 0.339 e. The molecular formula is C19H17FN2O4. The van der Waals surface area contributed by atoms with Crippen LogP contribution in [0.4, 0.5) is 15.8 Å². The number of carbonyl (C=O) groups is 3. The quantitative estimate of drug-likeness (QED) is 0.855. The van der Waals surface area contributed by atoms with E-state index in [2.05, 4.69) is 5.32 Å². The van der Waals surface area contributed by atoms with Crippen molar-refractivity contribution in [3.8, 4) is 0 Å². The van der Waals surface area contributed by atoms with Crippen LogP contribution in [0.15, 0.2) is 48.5 Å². The van der Waals surface area contributed by atoms with Crippen molar-refractivity contribution in [3.63, 3.8) is 0 Å². The van der Waals surface area contributed by atoms with Gasteiger partial charge in [-0.25, -0.2) is 9.18 Å². The van der Waals surface area contributed by atoms with Crippen molar-refractivity contribution >= 4 is 29.2 Å². The fraction of sp³-hybridized carbons (Fsp3) is 0.211. The molecule has 1 aliphatic heterocycles. The number of benzene rings is 2. The molecule has 0 aliphatic carbocycles. The highest BCUT2D eigenvalue weighted by Crippen LogP contribution is 2.28. The molecule has 0 aromatic heterocycles. The number of esters is 1. The summed E-state index contributed by atoms with van der Waals surface area (Å²) in [7, 11) is 1.25. The first-order chi connectivity index (χ1) is 12.5. The first-order valence-corrected chi connectivity index (χ1v) is 8.04. The average molecular weight is 356 g/mol. The van der Waals surface area contributed by atoms with Crippen molar-refractivity contribution in [1.29, 1.82) is 0 Å². The molecule has 1 fully saturated rings. The summed E-state index contributed by atoms with van der Waals surface area (Å²) in [5.74, 6) is -2.47. The van der Waals surface area contributed by atoms with E-state index in [4.69, 9.17) is 4.74 Å². The van der Waals surface area contributed by atoms with Gasteiger partial charge in [0.15, 0.2) is 0 Å². The van der Waals surface area contributed by atoms with E-state index < -0.39 is 23.6 Å². The lowest BCUT2D eigenvalue weighted by Gasteiger charge is -2.17. The van der Waals surface area contributed by atoms with Crippen LogP contribution < -0.4 is 10.2 Å². The minimum Gasteiger partial charge on any atom is -0.465 e. The summed E-state index contributed by atoms with van der Waals surface area (Å²) >= 11 is 0. The molecule has 2 amide bonds. The Bertz CT molecular complexity index is 868. The van der Waals surface area contributed by atoms with Crippen LogP contribution in [-0.4, -0.2) is 31.4 Å². The van der Waals surface area contributed by atoms with Gasteiger partial charge in [0.2, 0.25) is 11.8 Å². The van der Waals surface area contributed by atoms with Crippen molar-refractivity contribution in [3.05, 3.63) is 59.9 Å². The van der Waals surface area contributed by atoms with Crippen molar-refractivity contribution in [2.75, 3.05) is 23.9 Å². The normalized spacial score (nSPS) is 16.5. The number of methoxy groups -OCH3 is 1. The summed E-state index contributed by atoms with van der Waals surface area (Å²) in [6.07, 6.45) is -0.0272. The SMILES string of the molecule is COC(=O)c1ccccc1NC(=O)C1CC(=O)N(c2ccccc2F)C1. The minimum atomic E-state index is -0.646. The Balaban J connectivity index is 1.76. The van der Waals surface area contributed by atoms with Crippen LogP contribution in [0.2, 0.25) is 0 Å². The third kappa shape index (κ3) is 3.42. The second-order valence-corrected chi connectivity index (χ2v) is 5.88. The monoisotopic (exact) mass is 356 g/mol. The predicted octanol–water partition coefficient (Wildman–Crippen LogP) is 2.60. The fourth-order valence-corrected chi connectivity index (χ4v) is 2.90. The topological polar surface area (TPSA) is 75.7 Å².